The largest absolute Gasteiger partial charge is 0.476 e. The molecule has 3 rings (SSSR count). The van der Waals surface area contributed by atoms with E-state index in [1.807, 2.05) is 6.07 Å². The van der Waals surface area contributed by atoms with Gasteiger partial charge in [-0.3, -0.25) is 9.40 Å². The zero-order valence-electron chi connectivity index (χ0n) is 12.4. The third kappa shape index (κ3) is 3.01. The highest BCUT2D eigenvalue weighted by molar-refractivity contribution is 7.93. The minimum Gasteiger partial charge on any atom is -0.476 e. The van der Waals surface area contributed by atoms with Gasteiger partial charge in [-0.05, 0) is 23.8 Å². The highest BCUT2D eigenvalue weighted by Gasteiger charge is 2.21. The number of hydrogen-bond donors (Lipinski definition) is 2. The Hall–Kier alpha value is -2.72. The van der Waals surface area contributed by atoms with E-state index in [9.17, 15) is 13.2 Å². The van der Waals surface area contributed by atoms with Crippen molar-refractivity contribution in [2.24, 2.45) is 7.05 Å². The van der Waals surface area contributed by atoms with Gasteiger partial charge in [0.1, 0.15) is 5.00 Å². The number of hydrogen-bond acceptors (Lipinski definition) is 6. The van der Waals surface area contributed by atoms with Gasteiger partial charge in [-0.1, -0.05) is 12.1 Å². The molecule has 0 radical (unpaired) electrons. The summed E-state index contributed by atoms with van der Waals surface area (Å²) in [6, 6.07) is 8.04. The predicted molar refractivity (Wildman–Crippen MR) is 88.5 cm³/mol. The van der Waals surface area contributed by atoms with Gasteiger partial charge in [0.2, 0.25) is 0 Å². The van der Waals surface area contributed by atoms with Crippen molar-refractivity contribution in [1.29, 1.82) is 0 Å². The first-order valence-corrected chi connectivity index (χ1v) is 9.03. The first-order valence-electron chi connectivity index (χ1n) is 6.66. The summed E-state index contributed by atoms with van der Waals surface area (Å²) in [5.74, 6) is -1.29. The van der Waals surface area contributed by atoms with Gasteiger partial charge in [0.15, 0.2) is 5.69 Å². The van der Waals surface area contributed by atoms with Crippen molar-refractivity contribution in [3.8, 4) is 11.3 Å². The van der Waals surface area contributed by atoms with Crippen LogP contribution >= 0.6 is 11.3 Å². The number of carboxylic acid groups (broad SMARTS) is 1. The zero-order valence-corrected chi connectivity index (χ0v) is 14.0. The predicted octanol–water partition coefficient (Wildman–Crippen LogP) is 2.04. The molecule has 124 valence electrons. The SMILES string of the molecule is Cn1nccc1-c1ccc(S(=O)(=O)Nc2scnc2C(=O)O)cc1. The van der Waals surface area contributed by atoms with Crippen LogP contribution < -0.4 is 4.72 Å². The van der Waals surface area contributed by atoms with Crippen LogP contribution in [0.15, 0.2) is 46.9 Å². The number of aromatic nitrogens is 3. The van der Waals surface area contributed by atoms with Gasteiger partial charge < -0.3 is 5.11 Å². The number of aromatic carboxylic acids is 1. The maximum atomic E-state index is 12.4. The quantitative estimate of drug-likeness (QED) is 0.716. The molecule has 0 aliphatic carbocycles. The molecule has 0 saturated heterocycles. The molecular formula is C14H12N4O4S2. The molecule has 0 unspecified atom stereocenters. The number of aryl methyl sites for hydroxylation is 1. The third-order valence-corrected chi connectivity index (χ3v) is 5.52. The minimum absolute atomic E-state index is 0.0261. The minimum atomic E-state index is -3.90. The van der Waals surface area contributed by atoms with Gasteiger partial charge in [-0.15, -0.1) is 11.3 Å². The van der Waals surface area contributed by atoms with Crippen molar-refractivity contribution >= 4 is 32.3 Å². The van der Waals surface area contributed by atoms with E-state index in [4.69, 9.17) is 5.11 Å². The van der Waals surface area contributed by atoms with Crippen molar-refractivity contribution in [3.63, 3.8) is 0 Å². The second kappa shape index (κ2) is 6.06. The van der Waals surface area contributed by atoms with Crippen LogP contribution in [0.2, 0.25) is 0 Å². The molecule has 0 atom stereocenters. The molecule has 0 aliphatic heterocycles. The van der Waals surface area contributed by atoms with E-state index in [1.54, 1.807) is 30.1 Å². The molecule has 2 heterocycles. The van der Waals surface area contributed by atoms with Gasteiger partial charge in [0.05, 0.1) is 16.1 Å². The van der Waals surface area contributed by atoms with Crippen molar-refractivity contribution in [3.05, 3.63) is 47.7 Å². The molecule has 8 nitrogen and oxygen atoms in total. The Kier molecular flexibility index (Phi) is 4.08. The van der Waals surface area contributed by atoms with Crippen LogP contribution in [0.3, 0.4) is 0 Å². The standard InChI is InChI=1S/C14H12N4O4S2/c1-18-11(6-7-16-18)9-2-4-10(5-3-9)24(21,22)17-13-12(14(19)20)15-8-23-13/h2-8,17H,1H3,(H,19,20). The Balaban J connectivity index is 1.89. The molecule has 0 spiro atoms. The van der Waals surface area contributed by atoms with Crippen LogP contribution in [-0.2, 0) is 17.1 Å². The van der Waals surface area contributed by atoms with Crippen LogP contribution in [0.25, 0.3) is 11.3 Å². The molecule has 0 aliphatic rings. The Bertz CT molecular complexity index is 990. The number of carbonyl (C=O) groups is 1. The fourth-order valence-corrected chi connectivity index (χ4v) is 4.10. The van der Waals surface area contributed by atoms with Crippen molar-refractivity contribution in [1.82, 2.24) is 14.8 Å². The molecule has 0 saturated carbocycles. The van der Waals surface area contributed by atoms with Crippen LogP contribution in [0.5, 0.6) is 0 Å². The summed E-state index contributed by atoms with van der Waals surface area (Å²) < 4.78 is 28.7. The summed E-state index contributed by atoms with van der Waals surface area (Å²) in [6.07, 6.45) is 1.65. The lowest BCUT2D eigenvalue weighted by Gasteiger charge is -2.08. The number of carboxylic acids is 1. The molecule has 1 aromatic carbocycles. The molecule has 2 N–H and O–H groups in total. The Morgan fingerprint density at radius 1 is 1.25 bits per heavy atom. The second-order valence-electron chi connectivity index (χ2n) is 4.81. The van der Waals surface area contributed by atoms with Gasteiger partial charge >= 0.3 is 5.97 Å². The maximum Gasteiger partial charge on any atom is 0.357 e. The first-order chi connectivity index (χ1) is 11.4. The summed E-state index contributed by atoms with van der Waals surface area (Å²) >= 11 is 0.909. The van der Waals surface area contributed by atoms with E-state index in [1.165, 1.54) is 17.6 Å². The highest BCUT2D eigenvalue weighted by atomic mass is 32.2. The fourth-order valence-electron chi connectivity index (χ4n) is 2.11. The number of sulfonamides is 1. The van der Waals surface area contributed by atoms with Crippen molar-refractivity contribution in [2.45, 2.75) is 4.90 Å². The number of nitrogens with zero attached hydrogens (tertiary/aromatic N) is 3. The van der Waals surface area contributed by atoms with E-state index in [-0.39, 0.29) is 15.6 Å². The van der Waals surface area contributed by atoms with Crippen molar-refractivity contribution < 1.29 is 18.3 Å². The normalized spacial score (nSPS) is 11.4. The van der Waals surface area contributed by atoms with E-state index < -0.39 is 16.0 Å². The van der Waals surface area contributed by atoms with Gasteiger partial charge in [0.25, 0.3) is 10.0 Å². The highest BCUT2D eigenvalue weighted by Crippen LogP contribution is 2.25. The summed E-state index contributed by atoms with van der Waals surface area (Å²) in [5, 5.41) is 13.0. The monoisotopic (exact) mass is 364 g/mol. The van der Waals surface area contributed by atoms with Gasteiger partial charge in [-0.25, -0.2) is 18.2 Å². The van der Waals surface area contributed by atoms with E-state index in [0.717, 1.165) is 22.6 Å². The molecule has 0 amide bonds. The maximum absolute atomic E-state index is 12.4. The lowest BCUT2D eigenvalue weighted by atomic mass is 10.1. The summed E-state index contributed by atoms with van der Waals surface area (Å²) in [5.41, 5.74) is 2.61. The van der Waals surface area contributed by atoms with Gasteiger partial charge in [0, 0.05) is 13.2 Å². The van der Waals surface area contributed by atoms with E-state index in [2.05, 4.69) is 14.8 Å². The molecule has 10 heteroatoms. The molecular weight excluding hydrogens is 352 g/mol. The average Bonchev–Trinajstić information content (AvgIpc) is 3.16. The summed E-state index contributed by atoms with van der Waals surface area (Å²) in [4.78, 5) is 14.7. The number of benzene rings is 1. The number of thiazole rings is 1. The number of rotatable bonds is 5. The lowest BCUT2D eigenvalue weighted by Crippen LogP contribution is -2.14. The summed E-state index contributed by atoms with van der Waals surface area (Å²) in [6.45, 7) is 0. The van der Waals surface area contributed by atoms with Crippen LogP contribution in [0, 0.1) is 0 Å². The Morgan fingerprint density at radius 3 is 2.54 bits per heavy atom. The average molecular weight is 364 g/mol. The molecule has 0 bridgehead atoms. The molecule has 2 aromatic heterocycles. The second-order valence-corrected chi connectivity index (χ2v) is 7.34. The van der Waals surface area contributed by atoms with Crippen LogP contribution in [-0.4, -0.2) is 34.3 Å². The lowest BCUT2D eigenvalue weighted by molar-refractivity contribution is 0.0692. The third-order valence-electron chi connectivity index (χ3n) is 3.28. The molecule has 24 heavy (non-hydrogen) atoms. The van der Waals surface area contributed by atoms with Gasteiger partial charge in [-0.2, -0.15) is 5.10 Å². The van der Waals surface area contributed by atoms with Crippen LogP contribution in [0.4, 0.5) is 5.00 Å². The Labute approximate surface area is 141 Å². The van der Waals surface area contributed by atoms with E-state index >= 15 is 0 Å². The van der Waals surface area contributed by atoms with Crippen LogP contribution in [0.1, 0.15) is 10.5 Å². The van der Waals surface area contributed by atoms with E-state index in [0.29, 0.717) is 0 Å². The Morgan fingerprint density at radius 2 is 1.96 bits per heavy atom. The topological polar surface area (TPSA) is 114 Å². The fraction of sp³-hybridized carbons (Fsp3) is 0.0714. The molecule has 0 fully saturated rings. The summed E-state index contributed by atoms with van der Waals surface area (Å²) in [7, 11) is -2.11. The van der Waals surface area contributed by atoms with Crippen molar-refractivity contribution in [2.75, 3.05) is 4.72 Å². The smallest absolute Gasteiger partial charge is 0.357 e. The number of anilines is 1. The zero-order chi connectivity index (χ0) is 17.3. The number of nitrogens with one attached hydrogen (secondary N) is 1. The first kappa shape index (κ1) is 16.1. The molecule has 3 aromatic rings.